The van der Waals surface area contributed by atoms with Crippen LogP contribution in [-0.4, -0.2) is 56.3 Å². The van der Waals surface area contributed by atoms with Crippen molar-refractivity contribution in [2.75, 3.05) is 38.1 Å². The van der Waals surface area contributed by atoms with Crippen molar-refractivity contribution >= 4 is 21.6 Å². The van der Waals surface area contributed by atoms with E-state index >= 15 is 0 Å². The van der Waals surface area contributed by atoms with E-state index in [1.807, 2.05) is 68.4 Å². The van der Waals surface area contributed by atoms with E-state index < -0.39 is 10.0 Å². The van der Waals surface area contributed by atoms with Crippen LogP contribution in [0.3, 0.4) is 0 Å². The van der Waals surface area contributed by atoms with Gasteiger partial charge in [-0.25, -0.2) is 8.42 Å². The Morgan fingerprint density at radius 2 is 1.63 bits per heavy atom. The molecule has 1 amide bonds. The van der Waals surface area contributed by atoms with Gasteiger partial charge in [0.2, 0.25) is 10.0 Å². The molecule has 0 unspecified atom stereocenters. The van der Waals surface area contributed by atoms with Gasteiger partial charge in [0.1, 0.15) is 5.75 Å². The van der Waals surface area contributed by atoms with Crippen molar-refractivity contribution in [1.82, 2.24) is 9.21 Å². The maximum Gasteiger partial charge on any atom is 0.255 e. The van der Waals surface area contributed by atoms with Crippen molar-refractivity contribution in [2.45, 2.75) is 25.3 Å². The van der Waals surface area contributed by atoms with Crippen molar-refractivity contribution in [3.8, 4) is 5.75 Å². The maximum absolute atomic E-state index is 12.9. The van der Waals surface area contributed by atoms with Crippen LogP contribution in [0.4, 0.5) is 5.69 Å². The molecule has 0 aromatic heterocycles. The predicted octanol–water partition coefficient (Wildman–Crippen LogP) is 4.15. The molecule has 1 N–H and O–H groups in total. The van der Waals surface area contributed by atoms with Crippen LogP contribution in [0, 0.1) is 6.92 Å². The van der Waals surface area contributed by atoms with Gasteiger partial charge >= 0.3 is 0 Å². The summed E-state index contributed by atoms with van der Waals surface area (Å²) in [4.78, 5) is 15.3. The number of benzene rings is 3. The first-order valence-electron chi connectivity index (χ1n) is 11.8. The molecule has 0 bridgehead atoms. The lowest BCUT2D eigenvalue weighted by Crippen LogP contribution is -2.48. The van der Waals surface area contributed by atoms with Crippen molar-refractivity contribution in [3.05, 3.63) is 89.5 Å². The highest BCUT2D eigenvalue weighted by Crippen LogP contribution is 2.20. The van der Waals surface area contributed by atoms with Gasteiger partial charge in [-0.3, -0.25) is 9.69 Å². The molecule has 0 saturated carbocycles. The molecule has 1 saturated heterocycles. The number of hydrogen-bond donors (Lipinski definition) is 1. The Hall–Kier alpha value is -3.20. The number of carbonyl (C=O) groups is 1. The summed E-state index contributed by atoms with van der Waals surface area (Å²) in [6.07, 6.45) is 0. The number of rotatable bonds is 8. The summed E-state index contributed by atoms with van der Waals surface area (Å²) >= 11 is 0. The zero-order chi connectivity index (χ0) is 24.8. The number of nitrogens with one attached hydrogen (secondary N) is 1. The van der Waals surface area contributed by atoms with Crippen molar-refractivity contribution in [3.63, 3.8) is 0 Å². The molecule has 184 valence electrons. The molecule has 4 rings (SSSR count). The van der Waals surface area contributed by atoms with Crippen molar-refractivity contribution in [1.29, 1.82) is 0 Å². The second-order valence-corrected chi connectivity index (χ2v) is 10.5. The van der Waals surface area contributed by atoms with Gasteiger partial charge in [-0.05, 0) is 67.9 Å². The van der Waals surface area contributed by atoms with E-state index in [0.29, 0.717) is 55.5 Å². The van der Waals surface area contributed by atoms with Crippen LogP contribution in [0.2, 0.25) is 0 Å². The average Bonchev–Trinajstić information content (AvgIpc) is 2.86. The van der Waals surface area contributed by atoms with Gasteiger partial charge in [-0.1, -0.05) is 29.8 Å². The zero-order valence-electron chi connectivity index (χ0n) is 20.1. The molecule has 3 aromatic rings. The first-order chi connectivity index (χ1) is 16.8. The Balaban J connectivity index is 1.33. The molecule has 0 spiro atoms. The topological polar surface area (TPSA) is 79.0 Å². The van der Waals surface area contributed by atoms with Gasteiger partial charge in [0.25, 0.3) is 5.91 Å². The van der Waals surface area contributed by atoms with Crippen molar-refractivity contribution in [2.24, 2.45) is 0 Å². The lowest BCUT2D eigenvalue weighted by molar-refractivity contribution is 0.102. The first kappa shape index (κ1) is 24.9. The fourth-order valence-corrected chi connectivity index (χ4v) is 5.48. The van der Waals surface area contributed by atoms with E-state index in [1.54, 1.807) is 22.5 Å². The van der Waals surface area contributed by atoms with Gasteiger partial charge in [-0.2, -0.15) is 4.31 Å². The van der Waals surface area contributed by atoms with E-state index in [9.17, 15) is 13.2 Å². The maximum atomic E-state index is 12.9. The monoisotopic (exact) mass is 493 g/mol. The second-order valence-electron chi connectivity index (χ2n) is 8.61. The summed E-state index contributed by atoms with van der Waals surface area (Å²) in [7, 11) is -3.48. The zero-order valence-corrected chi connectivity index (χ0v) is 20.9. The first-order valence-corrected chi connectivity index (χ1v) is 13.2. The minimum atomic E-state index is -3.48. The lowest BCUT2D eigenvalue weighted by atomic mass is 10.1. The third-order valence-electron chi connectivity index (χ3n) is 6.01. The van der Waals surface area contributed by atoms with Gasteiger partial charge in [0.15, 0.2) is 0 Å². The number of sulfonamides is 1. The van der Waals surface area contributed by atoms with E-state index in [1.165, 1.54) is 0 Å². The summed E-state index contributed by atoms with van der Waals surface area (Å²) < 4.78 is 32.9. The predicted molar refractivity (Wildman–Crippen MR) is 137 cm³/mol. The minimum Gasteiger partial charge on any atom is -0.494 e. The Morgan fingerprint density at radius 3 is 2.29 bits per heavy atom. The average molecular weight is 494 g/mol. The molecule has 1 fully saturated rings. The number of aryl methyl sites for hydroxylation is 1. The molecule has 0 aliphatic carbocycles. The van der Waals surface area contributed by atoms with E-state index in [2.05, 4.69) is 10.2 Å². The van der Waals surface area contributed by atoms with Gasteiger partial charge < -0.3 is 10.1 Å². The molecule has 8 heteroatoms. The van der Waals surface area contributed by atoms with Crippen LogP contribution in [0.25, 0.3) is 0 Å². The molecule has 1 heterocycles. The smallest absolute Gasteiger partial charge is 0.255 e. The Bertz CT molecular complexity index is 1250. The number of carbonyl (C=O) groups excluding carboxylic acids is 1. The number of piperazine rings is 1. The quantitative estimate of drug-likeness (QED) is 0.510. The van der Waals surface area contributed by atoms with Crippen molar-refractivity contribution < 1.29 is 17.9 Å². The van der Waals surface area contributed by atoms with Crippen LogP contribution in [0.15, 0.2) is 77.7 Å². The summed E-state index contributed by atoms with van der Waals surface area (Å²) in [5.74, 6) is 0.587. The van der Waals surface area contributed by atoms with Crippen LogP contribution in [-0.2, 0) is 16.6 Å². The second kappa shape index (κ2) is 11.0. The summed E-state index contributed by atoms with van der Waals surface area (Å²) in [5.41, 5.74) is 3.33. The highest BCUT2D eigenvalue weighted by molar-refractivity contribution is 7.89. The van der Waals surface area contributed by atoms with E-state index in [-0.39, 0.29) is 5.91 Å². The molecule has 7 nitrogen and oxygen atoms in total. The number of hydrogen-bond acceptors (Lipinski definition) is 5. The van der Waals surface area contributed by atoms with Crippen LogP contribution in [0.1, 0.15) is 28.4 Å². The normalized spacial score (nSPS) is 15.0. The molecule has 1 aliphatic heterocycles. The molecule has 0 radical (unpaired) electrons. The number of anilines is 1. The SMILES string of the molecule is CCOc1ccc(NC(=O)c2cccc(CN3CCN(S(=O)(=O)c4ccc(C)cc4)CC3)c2)cc1. The number of nitrogens with zero attached hydrogens (tertiary/aromatic N) is 2. The minimum absolute atomic E-state index is 0.176. The van der Waals surface area contributed by atoms with Gasteiger partial charge in [-0.15, -0.1) is 0 Å². The Morgan fingerprint density at radius 1 is 0.943 bits per heavy atom. The Kier molecular flexibility index (Phi) is 7.85. The largest absolute Gasteiger partial charge is 0.494 e. The number of ether oxygens (including phenoxy) is 1. The Labute approximate surface area is 207 Å². The summed E-state index contributed by atoms with van der Waals surface area (Å²) in [5, 5.41) is 2.92. The third kappa shape index (κ3) is 6.28. The fraction of sp³-hybridized carbons (Fsp3) is 0.296. The molecule has 1 aliphatic rings. The lowest BCUT2D eigenvalue weighted by Gasteiger charge is -2.34. The molecule has 35 heavy (non-hydrogen) atoms. The van der Waals surface area contributed by atoms with Crippen LogP contribution in [0.5, 0.6) is 5.75 Å². The third-order valence-corrected chi connectivity index (χ3v) is 7.92. The van der Waals surface area contributed by atoms with Gasteiger partial charge in [0, 0.05) is 44.0 Å². The molecule has 0 atom stereocenters. The summed E-state index contributed by atoms with van der Waals surface area (Å²) in [6.45, 7) is 7.26. The molecular weight excluding hydrogens is 462 g/mol. The highest BCUT2D eigenvalue weighted by atomic mass is 32.2. The van der Waals surface area contributed by atoms with Crippen LogP contribution < -0.4 is 10.1 Å². The standard InChI is InChI=1S/C27H31N3O4S/c1-3-34-25-11-9-24(10-12-25)28-27(31)23-6-4-5-22(19-23)20-29-15-17-30(18-16-29)35(32,33)26-13-7-21(2)8-14-26/h4-14,19H,3,15-18,20H2,1-2H3,(H,28,31). The van der Waals surface area contributed by atoms with Crippen LogP contribution >= 0.6 is 0 Å². The molecule has 3 aromatic carbocycles. The van der Waals surface area contributed by atoms with E-state index in [0.717, 1.165) is 16.9 Å². The van der Waals surface area contributed by atoms with E-state index in [4.69, 9.17) is 4.74 Å². The highest BCUT2D eigenvalue weighted by Gasteiger charge is 2.28. The summed E-state index contributed by atoms with van der Waals surface area (Å²) in [6, 6.07) is 21.8. The van der Waals surface area contributed by atoms with Gasteiger partial charge in [0.05, 0.1) is 11.5 Å². The molecular formula is C27H31N3O4S. The number of amides is 1. The fourth-order valence-electron chi connectivity index (χ4n) is 4.06.